The predicted molar refractivity (Wildman–Crippen MR) is 128 cm³/mol. The summed E-state index contributed by atoms with van der Waals surface area (Å²) in [4.78, 5) is 12.3. The first kappa shape index (κ1) is 22.8. The number of amides is 1. The lowest BCUT2D eigenvalue weighted by molar-refractivity contribution is -0.118. The third kappa shape index (κ3) is 6.29. The molecule has 0 spiro atoms. The van der Waals surface area contributed by atoms with E-state index in [1.54, 1.807) is 30.3 Å². The van der Waals surface area contributed by atoms with Gasteiger partial charge in [0.1, 0.15) is 5.75 Å². The van der Waals surface area contributed by atoms with Gasteiger partial charge in [-0.05, 0) is 76.9 Å². The molecule has 0 aromatic heterocycles. The van der Waals surface area contributed by atoms with Gasteiger partial charge in [0.15, 0.2) is 6.61 Å². The van der Waals surface area contributed by atoms with Gasteiger partial charge in [-0.1, -0.05) is 40.9 Å². The summed E-state index contributed by atoms with van der Waals surface area (Å²) >= 11 is 21.7. The number of hydrogen-bond donors (Lipinski definition) is 2. The van der Waals surface area contributed by atoms with Gasteiger partial charge in [0.2, 0.25) is 0 Å². The van der Waals surface area contributed by atoms with Crippen molar-refractivity contribution in [3.05, 3.63) is 85.3 Å². The van der Waals surface area contributed by atoms with E-state index in [2.05, 4.69) is 26.6 Å². The summed E-state index contributed by atoms with van der Waals surface area (Å²) in [5, 5.41) is 7.82. The number of aryl methyl sites for hydroxylation is 1. The molecule has 1 amide bonds. The normalized spacial score (nSPS) is 10.6. The molecule has 0 heterocycles. The summed E-state index contributed by atoms with van der Waals surface area (Å²) in [6.45, 7) is 2.20. The van der Waals surface area contributed by atoms with Crippen LogP contribution in [-0.4, -0.2) is 12.5 Å². The van der Waals surface area contributed by atoms with E-state index in [0.717, 1.165) is 21.3 Å². The molecule has 0 bridgehead atoms. The summed E-state index contributed by atoms with van der Waals surface area (Å²) in [7, 11) is 0. The summed E-state index contributed by atoms with van der Waals surface area (Å²) in [5.74, 6) is 0.274. The van der Waals surface area contributed by atoms with Crippen LogP contribution in [-0.2, 0) is 11.3 Å². The Morgan fingerprint density at radius 3 is 2.43 bits per heavy atom. The third-order valence-electron chi connectivity index (χ3n) is 4.24. The van der Waals surface area contributed by atoms with E-state index >= 15 is 0 Å². The Morgan fingerprint density at radius 1 is 0.967 bits per heavy atom. The van der Waals surface area contributed by atoms with Gasteiger partial charge in [-0.25, -0.2) is 0 Å². The molecule has 4 nitrogen and oxygen atoms in total. The number of benzene rings is 3. The number of ether oxygens (including phenoxy) is 1. The molecule has 3 aromatic carbocycles. The van der Waals surface area contributed by atoms with Crippen LogP contribution in [0.15, 0.2) is 59.1 Å². The SMILES string of the molecule is Cc1ccc(NC(=O)COc2ccc(Cl)cc2CNc2ccc(Br)c(Cl)c2)cc1Cl. The summed E-state index contributed by atoms with van der Waals surface area (Å²) in [6.07, 6.45) is 0. The minimum Gasteiger partial charge on any atom is -0.483 e. The van der Waals surface area contributed by atoms with E-state index < -0.39 is 0 Å². The molecule has 0 unspecified atom stereocenters. The molecule has 156 valence electrons. The van der Waals surface area contributed by atoms with Gasteiger partial charge in [0.05, 0.1) is 5.02 Å². The maximum Gasteiger partial charge on any atom is 0.262 e. The number of carbonyl (C=O) groups excluding carboxylic acids is 1. The van der Waals surface area contributed by atoms with Crippen molar-refractivity contribution >= 4 is 68.0 Å². The molecule has 8 heteroatoms. The second-order valence-electron chi connectivity index (χ2n) is 6.54. The molecule has 0 aliphatic rings. The van der Waals surface area contributed by atoms with E-state index in [1.165, 1.54) is 0 Å². The van der Waals surface area contributed by atoms with Crippen molar-refractivity contribution in [3.63, 3.8) is 0 Å². The molecule has 30 heavy (non-hydrogen) atoms. The van der Waals surface area contributed by atoms with Crippen molar-refractivity contribution < 1.29 is 9.53 Å². The Labute approximate surface area is 198 Å². The second kappa shape index (κ2) is 10.4. The van der Waals surface area contributed by atoms with E-state index in [0.29, 0.717) is 33.0 Å². The largest absolute Gasteiger partial charge is 0.483 e. The maximum atomic E-state index is 12.3. The Balaban J connectivity index is 1.63. The van der Waals surface area contributed by atoms with Crippen molar-refractivity contribution in [1.29, 1.82) is 0 Å². The molecular weight excluding hydrogens is 511 g/mol. The van der Waals surface area contributed by atoms with Crippen LogP contribution in [0, 0.1) is 6.92 Å². The first-order valence-corrected chi connectivity index (χ1v) is 10.9. The molecule has 0 saturated carbocycles. The number of nitrogens with one attached hydrogen (secondary N) is 2. The molecule has 0 radical (unpaired) electrons. The molecule has 3 aromatic rings. The highest BCUT2D eigenvalue weighted by molar-refractivity contribution is 9.10. The average Bonchev–Trinajstić information content (AvgIpc) is 2.71. The topological polar surface area (TPSA) is 50.4 Å². The summed E-state index contributed by atoms with van der Waals surface area (Å²) < 4.78 is 6.56. The van der Waals surface area contributed by atoms with Crippen molar-refractivity contribution in [2.45, 2.75) is 13.5 Å². The van der Waals surface area contributed by atoms with Crippen LogP contribution < -0.4 is 15.4 Å². The molecule has 3 rings (SSSR count). The fraction of sp³-hybridized carbons (Fsp3) is 0.136. The lowest BCUT2D eigenvalue weighted by Gasteiger charge is -2.14. The number of halogens is 4. The zero-order chi connectivity index (χ0) is 21.7. The Hall–Kier alpha value is -1.92. The standard InChI is InChI=1S/C22H18BrCl3N2O2/c1-13-2-4-17(10-19(13)25)28-22(29)12-30-21-7-3-15(24)8-14(21)11-27-16-5-6-18(23)20(26)9-16/h2-10,27H,11-12H2,1H3,(H,28,29). The molecule has 0 atom stereocenters. The van der Waals surface area contributed by atoms with Crippen LogP contribution in [0.5, 0.6) is 5.75 Å². The first-order chi connectivity index (χ1) is 14.3. The van der Waals surface area contributed by atoms with Crippen molar-refractivity contribution in [3.8, 4) is 5.75 Å². The van der Waals surface area contributed by atoms with Crippen LogP contribution in [0.25, 0.3) is 0 Å². The van der Waals surface area contributed by atoms with Crippen LogP contribution in [0.3, 0.4) is 0 Å². The quantitative estimate of drug-likeness (QED) is 0.337. The third-order valence-corrected chi connectivity index (χ3v) is 6.11. The Morgan fingerprint density at radius 2 is 1.70 bits per heavy atom. The number of anilines is 2. The first-order valence-electron chi connectivity index (χ1n) is 8.98. The molecule has 2 N–H and O–H groups in total. The Bertz CT molecular complexity index is 1080. The molecule has 0 aliphatic heterocycles. The number of rotatable bonds is 7. The van der Waals surface area contributed by atoms with Crippen LogP contribution in [0.4, 0.5) is 11.4 Å². The van der Waals surface area contributed by atoms with Gasteiger partial charge in [-0.3, -0.25) is 4.79 Å². The van der Waals surface area contributed by atoms with Crippen LogP contribution >= 0.6 is 50.7 Å². The van der Waals surface area contributed by atoms with E-state index in [1.807, 2.05) is 31.2 Å². The second-order valence-corrected chi connectivity index (χ2v) is 8.64. The molecule has 0 fully saturated rings. The number of carbonyl (C=O) groups is 1. The highest BCUT2D eigenvalue weighted by atomic mass is 79.9. The Kier molecular flexibility index (Phi) is 7.89. The van der Waals surface area contributed by atoms with Gasteiger partial charge in [-0.15, -0.1) is 0 Å². The van der Waals surface area contributed by atoms with Crippen molar-refractivity contribution in [1.82, 2.24) is 0 Å². The van der Waals surface area contributed by atoms with Gasteiger partial charge >= 0.3 is 0 Å². The highest BCUT2D eigenvalue weighted by Gasteiger charge is 2.10. The molecular formula is C22H18BrCl3N2O2. The smallest absolute Gasteiger partial charge is 0.262 e. The monoisotopic (exact) mass is 526 g/mol. The van der Waals surface area contributed by atoms with Gasteiger partial charge in [-0.2, -0.15) is 0 Å². The average molecular weight is 529 g/mol. The minimum absolute atomic E-state index is 0.149. The maximum absolute atomic E-state index is 12.3. The predicted octanol–water partition coefficient (Wildman–Crippen LogP) is 7.35. The summed E-state index contributed by atoms with van der Waals surface area (Å²) in [5.41, 5.74) is 3.22. The molecule has 0 saturated heterocycles. The fourth-order valence-corrected chi connectivity index (χ4v) is 3.44. The van der Waals surface area contributed by atoms with Crippen molar-refractivity contribution in [2.24, 2.45) is 0 Å². The van der Waals surface area contributed by atoms with Crippen molar-refractivity contribution in [2.75, 3.05) is 17.2 Å². The van der Waals surface area contributed by atoms with E-state index in [9.17, 15) is 4.79 Å². The lowest BCUT2D eigenvalue weighted by atomic mass is 10.2. The lowest BCUT2D eigenvalue weighted by Crippen LogP contribution is -2.20. The zero-order valence-electron chi connectivity index (χ0n) is 15.9. The van der Waals surface area contributed by atoms with E-state index in [4.69, 9.17) is 39.5 Å². The minimum atomic E-state index is -0.288. The van der Waals surface area contributed by atoms with Gasteiger partial charge < -0.3 is 15.4 Å². The summed E-state index contributed by atoms with van der Waals surface area (Å²) in [6, 6.07) is 16.2. The van der Waals surface area contributed by atoms with Crippen LogP contribution in [0.2, 0.25) is 15.1 Å². The van der Waals surface area contributed by atoms with Crippen LogP contribution in [0.1, 0.15) is 11.1 Å². The number of hydrogen-bond acceptors (Lipinski definition) is 3. The fourth-order valence-electron chi connectivity index (χ4n) is 2.64. The molecule has 0 aliphatic carbocycles. The van der Waals surface area contributed by atoms with Gasteiger partial charge in [0.25, 0.3) is 5.91 Å². The van der Waals surface area contributed by atoms with Gasteiger partial charge in [0, 0.05) is 38.0 Å². The zero-order valence-corrected chi connectivity index (χ0v) is 19.8. The van der Waals surface area contributed by atoms with E-state index in [-0.39, 0.29) is 12.5 Å². The highest BCUT2D eigenvalue weighted by Crippen LogP contribution is 2.28.